The van der Waals surface area contributed by atoms with Gasteiger partial charge in [0.15, 0.2) is 0 Å². The molecule has 0 saturated heterocycles. The third kappa shape index (κ3) is 4.47. The second-order valence-corrected chi connectivity index (χ2v) is 8.90. The van der Waals surface area contributed by atoms with Crippen molar-refractivity contribution in [3.05, 3.63) is 64.5 Å². The minimum absolute atomic E-state index is 0.0867. The molecule has 0 unspecified atom stereocenters. The van der Waals surface area contributed by atoms with E-state index in [2.05, 4.69) is 26.1 Å². The highest BCUT2D eigenvalue weighted by atomic mass is 19.1. The smallest absolute Gasteiger partial charge is 0.326 e. The minimum Gasteiger partial charge on any atom is -0.373 e. The fourth-order valence-corrected chi connectivity index (χ4v) is 3.45. The van der Waals surface area contributed by atoms with Gasteiger partial charge in [0.25, 0.3) is 5.56 Å². The quantitative estimate of drug-likeness (QED) is 0.403. The van der Waals surface area contributed by atoms with Gasteiger partial charge in [0.1, 0.15) is 11.6 Å². The summed E-state index contributed by atoms with van der Waals surface area (Å²) in [5, 5.41) is 12.6. The molecule has 3 N–H and O–H groups in total. The number of nitrogens with zero attached hydrogens (tertiary/aromatic N) is 3. The van der Waals surface area contributed by atoms with Gasteiger partial charge in [-0.3, -0.25) is 10.1 Å². The molecular weight excluding hydrogens is 439 g/mol. The Labute approximate surface area is 195 Å². The Hall–Kier alpha value is -4.21. The molecule has 0 aliphatic heterocycles. The first-order valence-electron chi connectivity index (χ1n) is 10.6. The van der Waals surface area contributed by atoms with E-state index in [-0.39, 0.29) is 22.5 Å². The number of aromatic nitrogens is 3. The fourth-order valence-electron chi connectivity index (χ4n) is 3.45. The summed E-state index contributed by atoms with van der Waals surface area (Å²) in [6, 6.07) is 8.47. The molecule has 4 aromatic rings. The predicted molar refractivity (Wildman–Crippen MR) is 130 cm³/mol. The van der Waals surface area contributed by atoms with Crippen molar-refractivity contribution < 1.29 is 13.7 Å². The van der Waals surface area contributed by atoms with Crippen molar-refractivity contribution in [1.29, 1.82) is 0 Å². The molecule has 3 aromatic heterocycles. The molecule has 0 bridgehead atoms. The molecule has 0 aliphatic rings. The number of pyridine rings is 2. The SMILES string of the molecule is CNc1cc2c(cn1)cc(-c1ccc(F)c(NC(=O)Nc3cc(C(C)(C)C)no3)c1)c(=O)n2C. The van der Waals surface area contributed by atoms with Crippen LogP contribution in [0.4, 0.5) is 26.6 Å². The van der Waals surface area contributed by atoms with Crippen LogP contribution in [-0.2, 0) is 12.5 Å². The highest BCUT2D eigenvalue weighted by molar-refractivity contribution is 5.99. The lowest BCUT2D eigenvalue weighted by Crippen LogP contribution is -2.21. The number of urea groups is 1. The second-order valence-electron chi connectivity index (χ2n) is 8.90. The number of hydrogen-bond acceptors (Lipinski definition) is 6. The Morgan fingerprint density at radius 3 is 2.56 bits per heavy atom. The molecule has 0 spiro atoms. The number of carbonyl (C=O) groups is 1. The standard InChI is InChI=1S/C24H25FN6O3/c1-24(2,3)19-11-21(34-30-19)29-23(33)28-17-9-13(6-7-16(17)25)15-8-14-12-27-20(26-4)10-18(14)31(5)22(15)32/h6-12H,1-5H3,(H,26,27)(H2,28,29,33). The summed E-state index contributed by atoms with van der Waals surface area (Å²) in [5.41, 5.74) is 1.56. The van der Waals surface area contributed by atoms with E-state index in [0.29, 0.717) is 28.2 Å². The van der Waals surface area contributed by atoms with Crippen molar-refractivity contribution in [3.8, 4) is 11.1 Å². The molecule has 3 heterocycles. The zero-order valence-electron chi connectivity index (χ0n) is 19.5. The normalized spacial score (nSPS) is 11.5. The Kier molecular flexibility index (Phi) is 5.82. The first-order valence-corrected chi connectivity index (χ1v) is 10.6. The molecule has 0 atom stereocenters. The number of rotatable bonds is 4. The van der Waals surface area contributed by atoms with Crippen molar-refractivity contribution in [2.45, 2.75) is 26.2 Å². The number of halogens is 1. The van der Waals surface area contributed by atoms with Crippen LogP contribution in [0.25, 0.3) is 22.0 Å². The number of carbonyl (C=O) groups excluding carboxylic acids is 1. The average Bonchev–Trinajstić information content (AvgIpc) is 3.26. The molecule has 0 radical (unpaired) electrons. The Balaban J connectivity index is 1.63. The van der Waals surface area contributed by atoms with Gasteiger partial charge in [-0.15, -0.1) is 0 Å². The molecule has 0 saturated carbocycles. The van der Waals surface area contributed by atoms with Crippen molar-refractivity contribution in [1.82, 2.24) is 14.7 Å². The summed E-state index contributed by atoms with van der Waals surface area (Å²) in [5.74, 6) is 0.122. The maximum Gasteiger partial charge on any atom is 0.326 e. The van der Waals surface area contributed by atoms with Gasteiger partial charge in [0.05, 0.1) is 16.9 Å². The van der Waals surface area contributed by atoms with Gasteiger partial charge in [-0.25, -0.2) is 14.2 Å². The molecule has 176 valence electrons. The third-order valence-electron chi connectivity index (χ3n) is 5.41. The molecule has 4 rings (SSSR count). The van der Waals surface area contributed by atoms with Crippen LogP contribution < -0.4 is 21.5 Å². The van der Waals surface area contributed by atoms with E-state index in [9.17, 15) is 14.0 Å². The van der Waals surface area contributed by atoms with E-state index in [4.69, 9.17) is 4.52 Å². The first kappa shape index (κ1) is 23.0. The maximum absolute atomic E-state index is 14.5. The Morgan fingerprint density at radius 2 is 1.88 bits per heavy atom. The van der Waals surface area contributed by atoms with Gasteiger partial charge in [-0.1, -0.05) is 32.0 Å². The van der Waals surface area contributed by atoms with E-state index in [1.165, 1.54) is 22.8 Å². The van der Waals surface area contributed by atoms with E-state index >= 15 is 0 Å². The predicted octanol–water partition coefficient (Wildman–Crippen LogP) is 4.71. The average molecular weight is 465 g/mol. The molecular formula is C24H25FN6O3. The molecule has 10 heteroatoms. The highest BCUT2D eigenvalue weighted by Crippen LogP contribution is 2.27. The monoisotopic (exact) mass is 464 g/mol. The zero-order valence-corrected chi connectivity index (χ0v) is 19.5. The summed E-state index contributed by atoms with van der Waals surface area (Å²) in [6.07, 6.45) is 1.66. The molecule has 0 fully saturated rings. The molecule has 0 aliphatic carbocycles. The fraction of sp³-hybridized carbons (Fsp3) is 0.250. The van der Waals surface area contributed by atoms with Crippen LogP contribution in [-0.4, -0.2) is 27.8 Å². The maximum atomic E-state index is 14.5. The minimum atomic E-state index is -0.706. The van der Waals surface area contributed by atoms with Crippen LogP contribution in [0.15, 0.2) is 51.9 Å². The lowest BCUT2D eigenvalue weighted by molar-refractivity contribution is 0.261. The van der Waals surface area contributed by atoms with Gasteiger partial charge in [0.2, 0.25) is 5.88 Å². The number of anilines is 3. The van der Waals surface area contributed by atoms with Crippen molar-refractivity contribution >= 4 is 34.3 Å². The van der Waals surface area contributed by atoms with Gasteiger partial charge in [-0.05, 0) is 23.8 Å². The van der Waals surface area contributed by atoms with Gasteiger partial charge in [0, 0.05) is 48.8 Å². The topological polar surface area (TPSA) is 114 Å². The lowest BCUT2D eigenvalue weighted by Gasteiger charge is -2.12. The van der Waals surface area contributed by atoms with E-state index in [1.807, 2.05) is 20.8 Å². The molecule has 2 amide bonds. The Bertz CT molecular complexity index is 1450. The Morgan fingerprint density at radius 1 is 1.12 bits per heavy atom. The number of hydrogen-bond donors (Lipinski definition) is 3. The highest BCUT2D eigenvalue weighted by Gasteiger charge is 2.20. The van der Waals surface area contributed by atoms with Gasteiger partial charge < -0.3 is 19.7 Å². The number of amides is 2. The summed E-state index contributed by atoms with van der Waals surface area (Å²) in [7, 11) is 3.41. The number of benzene rings is 1. The van der Waals surface area contributed by atoms with Crippen LogP contribution in [0, 0.1) is 5.82 Å². The van der Waals surface area contributed by atoms with Crippen LogP contribution in [0.5, 0.6) is 0 Å². The first-order chi connectivity index (χ1) is 16.1. The van der Waals surface area contributed by atoms with Crippen molar-refractivity contribution in [2.24, 2.45) is 7.05 Å². The van der Waals surface area contributed by atoms with Crippen LogP contribution in [0.3, 0.4) is 0 Å². The van der Waals surface area contributed by atoms with Crippen LogP contribution in [0.1, 0.15) is 26.5 Å². The van der Waals surface area contributed by atoms with Crippen molar-refractivity contribution in [2.75, 3.05) is 23.0 Å². The van der Waals surface area contributed by atoms with Crippen LogP contribution >= 0.6 is 0 Å². The van der Waals surface area contributed by atoms with E-state index in [1.54, 1.807) is 38.5 Å². The van der Waals surface area contributed by atoms with E-state index < -0.39 is 11.8 Å². The second kappa shape index (κ2) is 8.62. The largest absolute Gasteiger partial charge is 0.373 e. The summed E-state index contributed by atoms with van der Waals surface area (Å²) < 4.78 is 21.1. The van der Waals surface area contributed by atoms with Gasteiger partial charge in [-0.2, -0.15) is 0 Å². The summed E-state index contributed by atoms with van der Waals surface area (Å²) in [6.45, 7) is 5.88. The summed E-state index contributed by atoms with van der Waals surface area (Å²) in [4.78, 5) is 29.8. The lowest BCUT2D eigenvalue weighted by atomic mass is 9.92. The van der Waals surface area contributed by atoms with Gasteiger partial charge >= 0.3 is 6.03 Å². The molecule has 9 nitrogen and oxygen atoms in total. The van der Waals surface area contributed by atoms with Crippen LogP contribution in [0.2, 0.25) is 0 Å². The zero-order chi connectivity index (χ0) is 24.6. The van der Waals surface area contributed by atoms with Crippen molar-refractivity contribution in [3.63, 3.8) is 0 Å². The molecule has 1 aromatic carbocycles. The number of aryl methyl sites for hydroxylation is 1. The molecule has 34 heavy (non-hydrogen) atoms. The third-order valence-corrected chi connectivity index (χ3v) is 5.41. The van der Waals surface area contributed by atoms with E-state index in [0.717, 1.165) is 5.39 Å². The number of fused-ring (bicyclic) bond motifs is 1. The number of nitrogens with one attached hydrogen (secondary N) is 3. The summed E-state index contributed by atoms with van der Waals surface area (Å²) >= 11 is 0.